The lowest BCUT2D eigenvalue weighted by Gasteiger charge is -2.05. The molecule has 1 aromatic carbocycles. The first-order chi connectivity index (χ1) is 10.2. The Morgan fingerprint density at radius 2 is 1.81 bits per heavy atom. The van der Waals surface area contributed by atoms with E-state index in [4.69, 9.17) is 4.98 Å². The Morgan fingerprint density at radius 1 is 1.05 bits per heavy atom. The Morgan fingerprint density at radius 3 is 2.52 bits per heavy atom. The average Bonchev–Trinajstić information content (AvgIpc) is 2.83. The van der Waals surface area contributed by atoms with Crippen molar-refractivity contribution in [2.45, 2.75) is 27.2 Å². The number of benzene rings is 1. The van der Waals surface area contributed by atoms with Crippen LogP contribution in [0.1, 0.15) is 24.6 Å². The molecule has 0 aliphatic carbocycles. The molecule has 0 amide bonds. The summed E-state index contributed by atoms with van der Waals surface area (Å²) in [6, 6.07) is 12.7. The fraction of sp³-hybridized carbons (Fsp3) is 0.278. The summed E-state index contributed by atoms with van der Waals surface area (Å²) in [4.78, 5) is 4.77. The predicted molar refractivity (Wildman–Crippen MR) is 88.9 cm³/mol. The van der Waals surface area contributed by atoms with Gasteiger partial charge in [0.1, 0.15) is 5.65 Å². The molecule has 0 atom stereocenters. The van der Waals surface area contributed by atoms with E-state index in [1.807, 2.05) is 0 Å². The maximum absolute atomic E-state index is 4.77. The Balaban J connectivity index is 2.04. The molecular formula is C18H21N3. The monoisotopic (exact) mass is 279 g/mol. The van der Waals surface area contributed by atoms with Crippen molar-refractivity contribution < 1.29 is 0 Å². The molecular weight excluding hydrogens is 258 g/mol. The number of fused-ring (bicyclic) bond motifs is 1. The van der Waals surface area contributed by atoms with Crippen LogP contribution in [0.3, 0.4) is 0 Å². The summed E-state index contributed by atoms with van der Waals surface area (Å²) < 4.78 is 2.16. The van der Waals surface area contributed by atoms with Gasteiger partial charge in [0.2, 0.25) is 0 Å². The number of pyridine rings is 1. The first kappa shape index (κ1) is 13.7. The number of aromatic nitrogens is 2. The Kier molecular flexibility index (Phi) is 3.65. The van der Waals surface area contributed by atoms with Gasteiger partial charge in [-0.2, -0.15) is 0 Å². The molecule has 3 heteroatoms. The molecule has 108 valence electrons. The van der Waals surface area contributed by atoms with Crippen molar-refractivity contribution in [2.24, 2.45) is 0 Å². The van der Waals surface area contributed by atoms with Gasteiger partial charge in [0, 0.05) is 24.0 Å². The minimum Gasteiger partial charge on any atom is -0.384 e. The summed E-state index contributed by atoms with van der Waals surface area (Å²) in [7, 11) is 0. The molecule has 0 fully saturated rings. The summed E-state index contributed by atoms with van der Waals surface area (Å²) in [6.45, 7) is 7.39. The minimum absolute atomic E-state index is 0.990. The zero-order chi connectivity index (χ0) is 14.8. The van der Waals surface area contributed by atoms with Gasteiger partial charge in [0.15, 0.2) is 0 Å². The van der Waals surface area contributed by atoms with Crippen molar-refractivity contribution in [1.82, 2.24) is 9.38 Å². The van der Waals surface area contributed by atoms with Crippen LogP contribution in [0.5, 0.6) is 0 Å². The van der Waals surface area contributed by atoms with Crippen LogP contribution in [-0.2, 0) is 0 Å². The molecule has 0 radical (unpaired) electrons. The average molecular weight is 279 g/mol. The number of hydrogen-bond donors (Lipinski definition) is 1. The van der Waals surface area contributed by atoms with Gasteiger partial charge in [-0.1, -0.05) is 36.8 Å². The molecule has 0 saturated carbocycles. The number of nitrogens with one attached hydrogen (secondary N) is 1. The van der Waals surface area contributed by atoms with Crippen LogP contribution >= 0.6 is 0 Å². The summed E-state index contributed by atoms with van der Waals surface area (Å²) in [5.74, 6) is 0. The lowest BCUT2D eigenvalue weighted by molar-refractivity contribution is 0.974. The minimum atomic E-state index is 0.990. The number of rotatable bonds is 4. The van der Waals surface area contributed by atoms with E-state index < -0.39 is 0 Å². The van der Waals surface area contributed by atoms with Crippen LogP contribution in [0.2, 0.25) is 0 Å². The smallest absolute Gasteiger partial charge is 0.137 e. The molecule has 0 saturated heterocycles. The van der Waals surface area contributed by atoms with E-state index in [1.54, 1.807) is 0 Å². The second-order valence-corrected chi connectivity index (χ2v) is 5.48. The third kappa shape index (κ3) is 2.64. The van der Waals surface area contributed by atoms with Gasteiger partial charge in [-0.3, -0.25) is 0 Å². The lowest BCUT2D eigenvalue weighted by atomic mass is 10.1. The summed E-state index contributed by atoms with van der Waals surface area (Å²) >= 11 is 0. The number of hydrogen-bond acceptors (Lipinski definition) is 2. The highest BCUT2D eigenvalue weighted by Gasteiger charge is 2.10. The van der Waals surface area contributed by atoms with E-state index in [1.165, 1.54) is 16.8 Å². The maximum Gasteiger partial charge on any atom is 0.137 e. The van der Waals surface area contributed by atoms with E-state index >= 15 is 0 Å². The molecule has 0 bridgehead atoms. The molecule has 0 aliphatic heterocycles. The van der Waals surface area contributed by atoms with Crippen molar-refractivity contribution in [3.63, 3.8) is 0 Å². The van der Waals surface area contributed by atoms with Crippen LogP contribution in [-0.4, -0.2) is 15.9 Å². The molecule has 3 rings (SSSR count). The van der Waals surface area contributed by atoms with E-state index in [0.29, 0.717) is 0 Å². The standard InChI is InChI=1S/C18H21N3/c1-4-11-19-16-9-10-17-20-18(14(3)21(17)12-16)15-7-5-13(2)6-8-15/h5-10,12,19H,4,11H2,1-3H3. The highest BCUT2D eigenvalue weighted by molar-refractivity contribution is 5.67. The Labute approximate surface area is 125 Å². The van der Waals surface area contributed by atoms with Gasteiger partial charge in [-0.25, -0.2) is 4.98 Å². The van der Waals surface area contributed by atoms with Crippen LogP contribution < -0.4 is 5.32 Å². The van der Waals surface area contributed by atoms with Crippen molar-refractivity contribution >= 4 is 11.3 Å². The number of nitrogens with zero attached hydrogens (tertiary/aromatic N) is 2. The van der Waals surface area contributed by atoms with E-state index in [2.05, 4.69) is 73.1 Å². The molecule has 3 nitrogen and oxygen atoms in total. The number of aryl methyl sites for hydroxylation is 2. The van der Waals surface area contributed by atoms with Crippen LogP contribution in [0.4, 0.5) is 5.69 Å². The maximum atomic E-state index is 4.77. The number of anilines is 1. The largest absolute Gasteiger partial charge is 0.384 e. The van der Waals surface area contributed by atoms with E-state index in [9.17, 15) is 0 Å². The highest BCUT2D eigenvalue weighted by Crippen LogP contribution is 2.25. The van der Waals surface area contributed by atoms with Crippen molar-refractivity contribution in [1.29, 1.82) is 0 Å². The fourth-order valence-electron chi connectivity index (χ4n) is 2.52. The molecule has 21 heavy (non-hydrogen) atoms. The molecule has 1 N–H and O–H groups in total. The number of imidazole rings is 1. The van der Waals surface area contributed by atoms with Crippen LogP contribution in [0, 0.1) is 13.8 Å². The summed E-state index contributed by atoms with van der Waals surface area (Å²) in [6.07, 6.45) is 3.25. The topological polar surface area (TPSA) is 29.3 Å². The van der Waals surface area contributed by atoms with Gasteiger partial charge >= 0.3 is 0 Å². The second kappa shape index (κ2) is 5.60. The SMILES string of the molecule is CCCNc1ccc2nc(-c3ccc(C)cc3)c(C)n2c1. The third-order valence-corrected chi connectivity index (χ3v) is 3.76. The van der Waals surface area contributed by atoms with Crippen molar-refractivity contribution in [3.05, 3.63) is 53.9 Å². The van der Waals surface area contributed by atoms with Crippen molar-refractivity contribution in [3.8, 4) is 11.3 Å². The predicted octanol–water partition coefficient (Wildman–Crippen LogP) is 4.44. The molecule has 0 unspecified atom stereocenters. The zero-order valence-electron chi connectivity index (χ0n) is 12.9. The molecule has 2 aromatic heterocycles. The normalized spacial score (nSPS) is 11.0. The molecule has 2 heterocycles. The highest BCUT2D eigenvalue weighted by atomic mass is 15.0. The first-order valence-electron chi connectivity index (χ1n) is 7.48. The van der Waals surface area contributed by atoms with E-state index in [0.717, 1.165) is 30.0 Å². The lowest BCUT2D eigenvalue weighted by Crippen LogP contribution is -2.01. The second-order valence-electron chi connectivity index (χ2n) is 5.48. The third-order valence-electron chi connectivity index (χ3n) is 3.76. The molecule has 0 aliphatic rings. The van der Waals surface area contributed by atoms with Gasteiger partial charge < -0.3 is 9.72 Å². The quantitative estimate of drug-likeness (QED) is 0.765. The van der Waals surface area contributed by atoms with Gasteiger partial charge in [0.25, 0.3) is 0 Å². The van der Waals surface area contributed by atoms with Gasteiger partial charge in [-0.05, 0) is 32.4 Å². The molecule has 0 spiro atoms. The fourth-order valence-corrected chi connectivity index (χ4v) is 2.52. The Bertz CT molecular complexity index is 754. The Hall–Kier alpha value is -2.29. The van der Waals surface area contributed by atoms with E-state index in [-0.39, 0.29) is 0 Å². The summed E-state index contributed by atoms with van der Waals surface area (Å²) in [5.41, 5.74) is 6.80. The molecule has 3 aromatic rings. The summed E-state index contributed by atoms with van der Waals surface area (Å²) in [5, 5.41) is 3.42. The van der Waals surface area contributed by atoms with Crippen LogP contribution in [0.15, 0.2) is 42.6 Å². The van der Waals surface area contributed by atoms with Crippen molar-refractivity contribution in [2.75, 3.05) is 11.9 Å². The van der Waals surface area contributed by atoms with Crippen LogP contribution in [0.25, 0.3) is 16.9 Å². The van der Waals surface area contributed by atoms with Gasteiger partial charge in [-0.15, -0.1) is 0 Å². The zero-order valence-corrected chi connectivity index (χ0v) is 12.9. The van der Waals surface area contributed by atoms with Gasteiger partial charge in [0.05, 0.1) is 11.4 Å². The first-order valence-corrected chi connectivity index (χ1v) is 7.48.